The smallest absolute Gasteiger partial charge is 0.317 e. The van der Waals surface area contributed by atoms with Crippen molar-refractivity contribution in [2.75, 3.05) is 13.1 Å². The Labute approximate surface area is 152 Å². The molecule has 3 rings (SSSR count). The maximum absolute atomic E-state index is 11.4. The summed E-state index contributed by atoms with van der Waals surface area (Å²) in [6.07, 6.45) is 1.49. The van der Waals surface area contributed by atoms with Crippen molar-refractivity contribution in [2.45, 2.75) is 51.0 Å². The Balaban J connectivity index is 1.87. The number of benzene rings is 1. The van der Waals surface area contributed by atoms with Crippen LogP contribution in [0.25, 0.3) is 0 Å². The van der Waals surface area contributed by atoms with Gasteiger partial charge >= 0.3 is 5.97 Å². The molecule has 2 unspecified atom stereocenters. The SMILES string of the molecule is CC(C)(C)c1ccc(C2CC(c3cc(=O)[nH]o3)CCN2CC(=O)O)cc1. The molecule has 0 spiro atoms. The molecule has 0 radical (unpaired) electrons. The lowest BCUT2D eigenvalue weighted by molar-refractivity contribution is -0.139. The van der Waals surface area contributed by atoms with Crippen LogP contribution in [0.15, 0.2) is 39.6 Å². The number of carboxylic acid groups (broad SMARTS) is 1. The maximum atomic E-state index is 11.4. The van der Waals surface area contributed by atoms with Crippen molar-refractivity contribution in [3.63, 3.8) is 0 Å². The molecule has 6 nitrogen and oxygen atoms in total. The molecule has 140 valence electrons. The van der Waals surface area contributed by atoms with Crippen molar-refractivity contribution in [2.24, 2.45) is 0 Å². The summed E-state index contributed by atoms with van der Waals surface area (Å²) in [5, 5.41) is 11.6. The van der Waals surface area contributed by atoms with Crippen molar-refractivity contribution >= 4 is 5.97 Å². The summed E-state index contributed by atoms with van der Waals surface area (Å²) in [4.78, 5) is 24.7. The van der Waals surface area contributed by atoms with Crippen molar-refractivity contribution in [1.29, 1.82) is 0 Å². The van der Waals surface area contributed by atoms with Gasteiger partial charge in [-0.2, -0.15) is 5.16 Å². The van der Waals surface area contributed by atoms with Gasteiger partial charge in [0.25, 0.3) is 5.56 Å². The molecule has 1 aliphatic rings. The molecule has 1 saturated heterocycles. The fourth-order valence-electron chi connectivity index (χ4n) is 3.69. The van der Waals surface area contributed by atoms with E-state index in [1.807, 2.05) is 4.90 Å². The highest BCUT2D eigenvalue weighted by atomic mass is 16.5. The van der Waals surface area contributed by atoms with Crippen LogP contribution in [0.3, 0.4) is 0 Å². The first-order chi connectivity index (χ1) is 12.2. The molecule has 0 aliphatic carbocycles. The predicted molar refractivity (Wildman–Crippen MR) is 98.4 cm³/mol. The van der Waals surface area contributed by atoms with E-state index in [0.29, 0.717) is 12.3 Å². The quantitative estimate of drug-likeness (QED) is 0.876. The molecule has 1 aromatic carbocycles. The van der Waals surface area contributed by atoms with Crippen LogP contribution in [0.2, 0.25) is 0 Å². The zero-order valence-electron chi connectivity index (χ0n) is 15.5. The fourth-order valence-corrected chi connectivity index (χ4v) is 3.69. The Morgan fingerprint density at radius 3 is 2.54 bits per heavy atom. The third-order valence-corrected chi connectivity index (χ3v) is 5.16. The number of nitrogens with one attached hydrogen (secondary N) is 1. The number of hydrogen-bond donors (Lipinski definition) is 2. The molecule has 0 amide bonds. The van der Waals surface area contributed by atoms with Crippen LogP contribution in [0.5, 0.6) is 0 Å². The zero-order chi connectivity index (χ0) is 18.9. The second-order valence-electron chi connectivity index (χ2n) is 8.09. The highest BCUT2D eigenvalue weighted by molar-refractivity contribution is 5.69. The summed E-state index contributed by atoms with van der Waals surface area (Å²) in [6.45, 7) is 7.17. The van der Waals surface area contributed by atoms with Gasteiger partial charge in [0.05, 0.1) is 6.54 Å². The Bertz CT molecular complexity index is 813. The predicted octanol–water partition coefficient (Wildman–Crippen LogP) is 3.27. The Morgan fingerprint density at radius 2 is 2.00 bits per heavy atom. The van der Waals surface area contributed by atoms with Crippen molar-refractivity contribution in [3.05, 3.63) is 57.6 Å². The fraction of sp³-hybridized carbons (Fsp3) is 0.500. The van der Waals surface area contributed by atoms with Gasteiger partial charge in [0.2, 0.25) is 0 Å². The molecule has 1 aliphatic heterocycles. The zero-order valence-corrected chi connectivity index (χ0v) is 15.5. The number of hydrogen-bond acceptors (Lipinski definition) is 4. The Morgan fingerprint density at radius 1 is 1.31 bits per heavy atom. The third kappa shape index (κ3) is 4.07. The molecule has 2 heterocycles. The van der Waals surface area contributed by atoms with E-state index < -0.39 is 5.97 Å². The Kier molecular flexibility index (Phi) is 5.05. The minimum absolute atomic E-state index is 0.00942. The summed E-state index contributed by atoms with van der Waals surface area (Å²) >= 11 is 0. The van der Waals surface area contributed by atoms with Gasteiger partial charge in [0.1, 0.15) is 5.76 Å². The minimum atomic E-state index is -0.826. The van der Waals surface area contributed by atoms with E-state index in [4.69, 9.17) is 4.52 Å². The number of carboxylic acids is 1. The number of aromatic nitrogens is 1. The van der Waals surface area contributed by atoms with E-state index in [9.17, 15) is 14.7 Å². The van der Waals surface area contributed by atoms with Gasteiger partial charge in [0, 0.05) is 24.6 Å². The molecule has 2 atom stereocenters. The van der Waals surface area contributed by atoms with Gasteiger partial charge in [-0.3, -0.25) is 14.5 Å². The summed E-state index contributed by atoms with van der Waals surface area (Å²) in [7, 11) is 0. The molecule has 1 fully saturated rings. The van der Waals surface area contributed by atoms with E-state index in [1.165, 1.54) is 11.6 Å². The number of H-pyrrole nitrogens is 1. The second-order valence-corrected chi connectivity index (χ2v) is 8.09. The van der Waals surface area contributed by atoms with E-state index in [2.05, 4.69) is 50.2 Å². The summed E-state index contributed by atoms with van der Waals surface area (Å²) in [5.74, 6) is -0.0690. The van der Waals surface area contributed by atoms with Crippen molar-refractivity contribution < 1.29 is 14.4 Å². The molecule has 6 heteroatoms. The third-order valence-electron chi connectivity index (χ3n) is 5.16. The average molecular weight is 358 g/mol. The molecule has 0 saturated carbocycles. The van der Waals surface area contributed by atoms with Crippen LogP contribution in [0.1, 0.15) is 62.5 Å². The highest BCUT2D eigenvalue weighted by Crippen LogP contribution is 2.39. The van der Waals surface area contributed by atoms with E-state index in [-0.39, 0.29) is 29.5 Å². The van der Waals surface area contributed by atoms with Crippen LogP contribution >= 0.6 is 0 Å². The molecule has 1 aromatic heterocycles. The first kappa shape index (κ1) is 18.5. The standard InChI is InChI=1S/C20H26N2O4/c1-20(2,3)15-6-4-13(5-7-15)16-10-14(17-11-18(23)21-26-17)8-9-22(16)12-19(24)25/h4-7,11,14,16H,8-10,12H2,1-3H3,(H,21,23)(H,24,25). The van der Waals surface area contributed by atoms with Crippen LogP contribution in [-0.4, -0.2) is 34.2 Å². The number of piperidine rings is 1. The van der Waals surface area contributed by atoms with Gasteiger partial charge < -0.3 is 9.63 Å². The average Bonchev–Trinajstić information content (AvgIpc) is 3.00. The number of nitrogens with zero attached hydrogens (tertiary/aromatic N) is 1. The topological polar surface area (TPSA) is 86.5 Å². The molecule has 0 bridgehead atoms. The lowest BCUT2D eigenvalue weighted by Gasteiger charge is -2.38. The normalized spacial score (nSPS) is 21.7. The molecule has 26 heavy (non-hydrogen) atoms. The summed E-state index contributed by atoms with van der Waals surface area (Å²) < 4.78 is 5.30. The first-order valence-electron chi connectivity index (χ1n) is 8.99. The Hall–Kier alpha value is -2.34. The van der Waals surface area contributed by atoms with Crippen LogP contribution in [0, 0.1) is 0 Å². The first-order valence-corrected chi connectivity index (χ1v) is 8.99. The largest absolute Gasteiger partial charge is 0.480 e. The highest BCUT2D eigenvalue weighted by Gasteiger charge is 2.33. The molecular weight excluding hydrogens is 332 g/mol. The second kappa shape index (κ2) is 7.11. The lowest BCUT2D eigenvalue weighted by atomic mass is 9.83. The summed E-state index contributed by atoms with van der Waals surface area (Å²) in [6, 6.07) is 9.91. The van der Waals surface area contributed by atoms with Gasteiger partial charge in [-0.15, -0.1) is 0 Å². The monoisotopic (exact) mass is 358 g/mol. The van der Waals surface area contributed by atoms with E-state index >= 15 is 0 Å². The van der Waals surface area contributed by atoms with Crippen molar-refractivity contribution in [3.8, 4) is 0 Å². The number of aliphatic carboxylic acids is 1. The lowest BCUT2D eigenvalue weighted by Crippen LogP contribution is -2.39. The number of aromatic amines is 1. The minimum Gasteiger partial charge on any atom is -0.480 e. The maximum Gasteiger partial charge on any atom is 0.317 e. The summed E-state index contributed by atoms with van der Waals surface area (Å²) in [5.41, 5.74) is 2.18. The molecule has 2 N–H and O–H groups in total. The van der Waals surface area contributed by atoms with Crippen molar-refractivity contribution in [1.82, 2.24) is 10.1 Å². The van der Waals surface area contributed by atoms with E-state index in [0.717, 1.165) is 18.4 Å². The van der Waals surface area contributed by atoms with Gasteiger partial charge in [-0.25, -0.2) is 0 Å². The molecular formula is C20H26N2O4. The number of likely N-dealkylation sites (tertiary alicyclic amines) is 1. The number of rotatable bonds is 4. The van der Waals surface area contributed by atoms with Crippen LogP contribution < -0.4 is 5.56 Å². The van der Waals surface area contributed by atoms with Crippen LogP contribution in [-0.2, 0) is 10.2 Å². The van der Waals surface area contributed by atoms with E-state index in [1.54, 1.807) is 0 Å². The molecule has 2 aromatic rings. The number of carbonyl (C=O) groups is 1. The van der Waals surface area contributed by atoms with Crippen LogP contribution in [0.4, 0.5) is 0 Å². The van der Waals surface area contributed by atoms with Gasteiger partial charge in [0.15, 0.2) is 0 Å². The van der Waals surface area contributed by atoms with Gasteiger partial charge in [-0.05, 0) is 29.4 Å². The van der Waals surface area contributed by atoms with Gasteiger partial charge in [-0.1, -0.05) is 45.0 Å².